The van der Waals surface area contributed by atoms with Crippen LogP contribution in [0.2, 0.25) is 0 Å². The summed E-state index contributed by atoms with van der Waals surface area (Å²) in [7, 11) is 0. The van der Waals surface area contributed by atoms with Gasteiger partial charge >= 0.3 is 0 Å². The second-order valence-electron chi connectivity index (χ2n) is 7.32. The molecule has 5 heteroatoms. The number of aliphatic imine (C=N–C) groups is 1. The van der Waals surface area contributed by atoms with E-state index >= 15 is 0 Å². The van der Waals surface area contributed by atoms with Crippen molar-refractivity contribution in [3.05, 3.63) is 76.2 Å². The van der Waals surface area contributed by atoms with E-state index in [1.807, 2.05) is 43.3 Å². The van der Waals surface area contributed by atoms with E-state index in [1.165, 1.54) is 17.3 Å². The van der Waals surface area contributed by atoms with Crippen LogP contribution in [0.25, 0.3) is 16.8 Å². The molecule has 1 aliphatic heterocycles. The van der Waals surface area contributed by atoms with Crippen molar-refractivity contribution in [3.8, 4) is 5.75 Å². The van der Waals surface area contributed by atoms with Crippen molar-refractivity contribution in [2.75, 3.05) is 6.61 Å². The topological polar surface area (TPSA) is 50.7 Å². The van der Waals surface area contributed by atoms with Gasteiger partial charge in [0, 0.05) is 5.56 Å². The number of amides is 1. The highest BCUT2D eigenvalue weighted by Gasteiger charge is 2.25. The molecule has 30 heavy (non-hydrogen) atoms. The van der Waals surface area contributed by atoms with Gasteiger partial charge in [-0.15, -0.1) is 0 Å². The zero-order chi connectivity index (χ0) is 21.1. The second kappa shape index (κ2) is 8.76. The van der Waals surface area contributed by atoms with Crippen LogP contribution in [0.4, 0.5) is 5.69 Å². The first-order valence-electron chi connectivity index (χ1n) is 10.1. The lowest BCUT2D eigenvalue weighted by Crippen LogP contribution is -2.19. The smallest absolute Gasteiger partial charge is 0.264 e. The molecule has 1 amide bonds. The fraction of sp³-hybridized carbons (Fsp3) is 0.200. The second-order valence-corrected chi connectivity index (χ2v) is 8.35. The molecule has 0 aliphatic carbocycles. The molecule has 0 unspecified atom stereocenters. The van der Waals surface area contributed by atoms with Gasteiger partial charge < -0.3 is 10.1 Å². The molecule has 1 saturated heterocycles. The third-order valence-electron chi connectivity index (χ3n) is 4.89. The Bertz CT molecular complexity index is 1180. The Balaban J connectivity index is 1.72. The third-order valence-corrected chi connectivity index (χ3v) is 5.80. The molecule has 1 fully saturated rings. The number of aryl methyl sites for hydroxylation is 2. The first-order valence-corrected chi connectivity index (χ1v) is 10.9. The lowest BCUT2D eigenvalue weighted by molar-refractivity contribution is -0.115. The Morgan fingerprint density at radius 1 is 1.10 bits per heavy atom. The fourth-order valence-corrected chi connectivity index (χ4v) is 4.23. The Hall–Kier alpha value is -3.05. The van der Waals surface area contributed by atoms with E-state index < -0.39 is 0 Å². The van der Waals surface area contributed by atoms with Gasteiger partial charge in [0.25, 0.3) is 5.91 Å². The summed E-state index contributed by atoms with van der Waals surface area (Å²) < 4.78 is 5.97. The number of carbonyl (C=O) groups excluding carboxylic acids is 1. The van der Waals surface area contributed by atoms with Crippen molar-refractivity contribution in [1.29, 1.82) is 0 Å². The van der Waals surface area contributed by atoms with E-state index in [0.717, 1.165) is 39.8 Å². The summed E-state index contributed by atoms with van der Waals surface area (Å²) in [6.45, 7) is 6.79. The summed E-state index contributed by atoms with van der Waals surface area (Å²) in [5, 5.41) is 5.66. The van der Waals surface area contributed by atoms with Crippen LogP contribution in [0.3, 0.4) is 0 Å². The average molecular weight is 417 g/mol. The van der Waals surface area contributed by atoms with E-state index in [1.54, 1.807) is 0 Å². The van der Waals surface area contributed by atoms with Gasteiger partial charge in [0.05, 0.1) is 17.2 Å². The average Bonchev–Trinajstić information content (AvgIpc) is 3.08. The molecule has 0 aromatic heterocycles. The number of fused-ring (bicyclic) bond motifs is 1. The molecular weight excluding hydrogens is 392 g/mol. The Morgan fingerprint density at radius 2 is 1.93 bits per heavy atom. The monoisotopic (exact) mass is 416 g/mol. The minimum Gasteiger partial charge on any atom is -0.493 e. The van der Waals surface area contributed by atoms with Crippen LogP contribution >= 0.6 is 11.8 Å². The lowest BCUT2D eigenvalue weighted by atomic mass is 10.0. The number of hydrogen-bond donors (Lipinski definition) is 1. The maximum absolute atomic E-state index is 12.7. The van der Waals surface area contributed by atoms with Crippen LogP contribution in [0, 0.1) is 13.8 Å². The van der Waals surface area contributed by atoms with Crippen LogP contribution in [-0.2, 0) is 4.79 Å². The highest BCUT2D eigenvalue weighted by Crippen LogP contribution is 2.35. The summed E-state index contributed by atoms with van der Waals surface area (Å²) in [5.41, 5.74) is 4.06. The largest absolute Gasteiger partial charge is 0.493 e. The zero-order valence-electron chi connectivity index (χ0n) is 17.4. The minimum absolute atomic E-state index is 0.141. The first-order chi connectivity index (χ1) is 14.5. The van der Waals surface area contributed by atoms with Gasteiger partial charge in [-0.2, -0.15) is 0 Å². The molecule has 4 nitrogen and oxygen atoms in total. The molecule has 4 rings (SSSR count). The molecule has 152 valence electrons. The summed E-state index contributed by atoms with van der Waals surface area (Å²) in [6.07, 6.45) is 2.84. The number of benzene rings is 3. The number of ether oxygens (including phenoxy) is 1. The minimum atomic E-state index is -0.141. The lowest BCUT2D eigenvalue weighted by Gasteiger charge is -2.11. The highest BCUT2D eigenvalue weighted by molar-refractivity contribution is 8.18. The Morgan fingerprint density at radius 3 is 2.73 bits per heavy atom. The van der Waals surface area contributed by atoms with Gasteiger partial charge in [-0.1, -0.05) is 55.0 Å². The van der Waals surface area contributed by atoms with E-state index in [2.05, 4.69) is 48.4 Å². The molecule has 3 aromatic carbocycles. The number of nitrogens with zero attached hydrogens (tertiary/aromatic N) is 1. The predicted octanol–water partition coefficient (Wildman–Crippen LogP) is 6.14. The van der Waals surface area contributed by atoms with E-state index in [-0.39, 0.29) is 5.91 Å². The van der Waals surface area contributed by atoms with Gasteiger partial charge in [0.15, 0.2) is 5.17 Å². The molecule has 1 aliphatic rings. The Kier molecular flexibility index (Phi) is 5.91. The maximum atomic E-state index is 12.7. The summed E-state index contributed by atoms with van der Waals surface area (Å²) >= 11 is 1.36. The van der Waals surface area contributed by atoms with Gasteiger partial charge in [-0.05, 0) is 66.6 Å². The van der Waals surface area contributed by atoms with Crippen LogP contribution in [0.5, 0.6) is 5.75 Å². The number of nitrogens with one attached hydrogen (secondary N) is 1. The SMILES string of the molecule is CCCOc1ccc2ccccc2c1C=C1SC(=Nc2ccc(C)cc2C)NC1=O. The van der Waals surface area contributed by atoms with Crippen LogP contribution in [-0.4, -0.2) is 17.7 Å². The highest BCUT2D eigenvalue weighted by atomic mass is 32.2. The Labute approximate surface area is 181 Å². The van der Waals surface area contributed by atoms with Crippen molar-refractivity contribution >= 4 is 45.4 Å². The molecule has 3 aromatic rings. The van der Waals surface area contributed by atoms with Gasteiger partial charge in [-0.3, -0.25) is 4.79 Å². The maximum Gasteiger partial charge on any atom is 0.264 e. The third kappa shape index (κ3) is 4.26. The normalized spacial score (nSPS) is 16.4. The number of rotatable bonds is 5. The molecule has 0 radical (unpaired) electrons. The first kappa shape index (κ1) is 20.2. The van der Waals surface area contributed by atoms with Gasteiger partial charge in [0.2, 0.25) is 0 Å². The van der Waals surface area contributed by atoms with Crippen LogP contribution in [0.15, 0.2) is 64.5 Å². The summed E-state index contributed by atoms with van der Waals surface area (Å²) in [5.74, 6) is 0.647. The molecular formula is C25H24N2O2S. The molecule has 0 bridgehead atoms. The van der Waals surface area contributed by atoms with Crippen molar-refractivity contribution in [1.82, 2.24) is 5.32 Å². The molecule has 1 N–H and O–H groups in total. The number of amidine groups is 1. The van der Waals surface area contributed by atoms with Gasteiger partial charge in [-0.25, -0.2) is 4.99 Å². The predicted molar refractivity (Wildman–Crippen MR) is 126 cm³/mol. The van der Waals surface area contributed by atoms with Crippen LogP contribution < -0.4 is 10.1 Å². The number of carbonyl (C=O) groups is 1. The number of thioether (sulfide) groups is 1. The summed E-state index contributed by atoms with van der Waals surface area (Å²) in [4.78, 5) is 17.9. The van der Waals surface area contributed by atoms with Crippen molar-refractivity contribution < 1.29 is 9.53 Å². The van der Waals surface area contributed by atoms with Crippen molar-refractivity contribution in [3.63, 3.8) is 0 Å². The fourth-order valence-electron chi connectivity index (χ4n) is 3.41. The standard InChI is InChI=1S/C25H24N2O2S/c1-4-13-29-22-12-10-18-7-5-6-8-19(18)20(22)15-23-24(28)27-25(30-23)26-21-11-9-16(2)14-17(21)3/h5-12,14-15H,4,13H2,1-3H3,(H,26,27,28). The molecule has 0 atom stereocenters. The van der Waals surface area contributed by atoms with E-state index in [4.69, 9.17) is 4.74 Å². The molecule has 0 saturated carbocycles. The summed E-state index contributed by atoms with van der Waals surface area (Å²) in [6, 6.07) is 18.3. The zero-order valence-corrected chi connectivity index (χ0v) is 18.2. The molecule has 1 heterocycles. The molecule has 0 spiro atoms. The number of hydrogen-bond acceptors (Lipinski definition) is 4. The van der Waals surface area contributed by atoms with Gasteiger partial charge in [0.1, 0.15) is 5.75 Å². The van der Waals surface area contributed by atoms with Crippen molar-refractivity contribution in [2.24, 2.45) is 4.99 Å². The van der Waals surface area contributed by atoms with E-state index in [9.17, 15) is 4.79 Å². The quantitative estimate of drug-likeness (QED) is 0.509. The van der Waals surface area contributed by atoms with E-state index in [0.29, 0.717) is 16.7 Å². The van der Waals surface area contributed by atoms with Crippen LogP contribution in [0.1, 0.15) is 30.0 Å². The van der Waals surface area contributed by atoms with Crippen molar-refractivity contribution in [2.45, 2.75) is 27.2 Å².